The van der Waals surface area contributed by atoms with Crippen LogP contribution < -0.4 is 9.64 Å². The van der Waals surface area contributed by atoms with Crippen molar-refractivity contribution in [3.05, 3.63) is 24.3 Å². The van der Waals surface area contributed by atoms with Gasteiger partial charge in [0.1, 0.15) is 5.75 Å². The van der Waals surface area contributed by atoms with E-state index < -0.39 is 9.84 Å². The minimum absolute atomic E-state index is 0.0230. The van der Waals surface area contributed by atoms with Gasteiger partial charge in [0, 0.05) is 24.3 Å². The average molecular weight is 352 g/mol. The molecule has 2 fully saturated rings. The summed E-state index contributed by atoms with van der Waals surface area (Å²) in [5.41, 5.74) is 0.704. The Bertz CT molecular complexity index is 732. The Labute approximate surface area is 143 Å². The van der Waals surface area contributed by atoms with Crippen LogP contribution in [0.15, 0.2) is 24.3 Å². The standard InChI is InChI=1S/C17H24N2O4S/c1-12(2)8-18-9-17(20)19(13-5-4-6-14(7-13)23-3)16-11-24(21,22)10-15(16)18/h4-7,12,15-16H,8-11H2,1-3H3/t15-,16+/m1/s1. The molecule has 2 aliphatic heterocycles. The molecular weight excluding hydrogens is 328 g/mol. The normalized spacial score (nSPS) is 26.7. The van der Waals surface area contributed by atoms with E-state index in [4.69, 9.17) is 4.74 Å². The molecule has 0 radical (unpaired) electrons. The number of anilines is 1. The minimum Gasteiger partial charge on any atom is -0.497 e. The molecule has 2 saturated heterocycles. The Kier molecular flexibility index (Phi) is 4.57. The summed E-state index contributed by atoms with van der Waals surface area (Å²) >= 11 is 0. The molecule has 0 aromatic heterocycles. The van der Waals surface area contributed by atoms with Gasteiger partial charge >= 0.3 is 0 Å². The molecular formula is C17H24N2O4S. The predicted molar refractivity (Wildman–Crippen MR) is 93.1 cm³/mol. The molecule has 0 unspecified atom stereocenters. The van der Waals surface area contributed by atoms with E-state index >= 15 is 0 Å². The van der Waals surface area contributed by atoms with Crippen LogP contribution >= 0.6 is 0 Å². The molecule has 7 heteroatoms. The zero-order valence-electron chi connectivity index (χ0n) is 14.3. The highest BCUT2D eigenvalue weighted by Gasteiger charge is 2.49. The van der Waals surface area contributed by atoms with Crippen molar-refractivity contribution in [2.45, 2.75) is 25.9 Å². The fourth-order valence-electron chi connectivity index (χ4n) is 3.72. The zero-order chi connectivity index (χ0) is 17.5. The van der Waals surface area contributed by atoms with E-state index in [0.717, 1.165) is 6.54 Å². The number of carbonyl (C=O) groups excluding carboxylic acids is 1. The molecule has 2 heterocycles. The van der Waals surface area contributed by atoms with Crippen molar-refractivity contribution < 1.29 is 17.9 Å². The van der Waals surface area contributed by atoms with Crippen LogP contribution in [0.25, 0.3) is 0 Å². The molecule has 1 aromatic carbocycles. The lowest BCUT2D eigenvalue weighted by molar-refractivity contribution is -0.123. The summed E-state index contributed by atoms with van der Waals surface area (Å²) < 4.78 is 29.7. The van der Waals surface area contributed by atoms with Gasteiger partial charge < -0.3 is 9.64 Å². The first-order valence-corrected chi connectivity index (χ1v) is 10.0. The van der Waals surface area contributed by atoms with Crippen molar-refractivity contribution in [3.8, 4) is 5.75 Å². The Balaban J connectivity index is 1.97. The van der Waals surface area contributed by atoms with Gasteiger partial charge in [0.15, 0.2) is 9.84 Å². The third kappa shape index (κ3) is 3.28. The molecule has 0 N–H and O–H groups in total. The molecule has 0 spiro atoms. The van der Waals surface area contributed by atoms with E-state index in [1.54, 1.807) is 18.1 Å². The van der Waals surface area contributed by atoms with Crippen molar-refractivity contribution in [1.29, 1.82) is 0 Å². The monoisotopic (exact) mass is 352 g/mol. The summed E-state index contributed by atoms with van der Waals surface area (Å²) in [5, 5.41) is 0. The zero-order valence-corrected chi connectivity index (χ0v) is 15.1. The fourth-order valence-corrected chi connectivity index (χ4v) is 5.70. The van der Waals surface area contributed by atoms with Crippen molar-refractivity contribution in [1.82, 2.24) is 4.90 Å². The Morgan fingerprint density at radius 3 is 2.62 bits per heavy atom. The molecule has 0 saturated carbocycles. The topological polar surface area (TPSA) is 66.9 Å². The number of amides is 1. The predicted octanol–water partition coefficient (Wildman–Crippen LogP) is 1.17. The largest absolute Gasteiger partial charge is 0.497 e. The second kappa shape index (κ2) is 6.37. The number of rotatable bonds is 4. The second-order valence-corrected chi connectivity index (χ2v) is 9.15. The number of piperazine rings is 1. The Morgan fingerprint density at radius 2 is 1.96 bits per heavy atom. The quantitative estimate of drug-likeness (QED) is 0.814. The van der Waals surface area contributed by atoms with E-state index in [9.17, 15) is 13.2 Å². The lowest BCUT2D eigenvalue weighted by atomic mass is 10.0. The number of fused-ring (bicyclic) bond motifs is 1. The highest BCUT2D eigenvalue weighted by molar-refractivity contribution is 7.91. The number of methoxy groups -OCH3 is 1. The number of hydrogen-bond donors (Lipinski definition) is 0. The van der Waals surface area contributed by atoms with Crippen molar-refractivity contribution in [2.24, 2.45) is 5.92 Å². The number of ether oxygens (including phenoxy) is 1. The van der Waals surface area contributed by atoms with E-state index in [1.165, 1.54) is 0 Å². The summed E-state index contributed by atoms with van der Waals surface area (Å²) in [5.74, 6) is 1.13. The third-order valence-electron chi connectivity index (χ3n) is 4.63. The smallest absolute Gasteiger partial charge is 0.241 e. The average Bonchev–Trinajstić information content (AvgIpc) is 2.82. The minimum atomic E-state index is -3.14. The highest BCUT2D eigenvalue weighted by atomic mass is 32.2. The van der Waals surface area contributed by atoms with Crippen LogP contribution in [0.1, 0.15) is 13.8 Å². The van der Waals surface area contributed by atoms with Gasteiger partial charge in [-0.3, -0.25) is 9.69 Å². The summed E-state index contributed by atoms with van der Waals surface area (Å²) in [4.78, 5) is 16.5. The molecule has 6 nitrogen and oxygen atoms in total. The maximum Gasteiger partial charge on any atom is 0.241 e. The van der Waals surface area contributed by atoms with Crippen LogP contribution in [0.3, 0.4) is 0 Å². The molecule has 24 heavy (non-hydrogen) atoms. The van der Waals surface area contributed by atoms with E-state index in [1.807, 2.05) is 23.1 Å². The molecule has 0 aliphatic carbocycles. The van der Waals surface area contributed by atoms with Crippen LogP contribution in [0.5, 0.6) is 5.75 Å². The van der Waals surface area contributed by atoms with Gasteiger partial charge in [-0.1, -0.05) is 19.9 Å². The first-order valence-electron chi connectivity index (χ1n) is 8.21. The van der Waals surface area contributed by atoms with Gasteiger partial charge in [-0.05, 0) is 18.1 Å². The number of carbonyl (C=O) groups is 1. The number of nitrogens with zero attached hydrogens (tertiary/aromatic N) is 2. The van der Waals surface area contributed by atoms with Gasteiger partial charge in [0.25, 0.3) is 0 Å². The van der Waals surface area contributed by atoms with E-state index in [-0.39, 0.29) is 36.0 Å². The first kappa shape index (κ1) is 17.2. The molecule has 2 aliphatic rings. The van der Waals surface area contributed by atoms with Gasteiger partial charge in [-0.15, -0.1) is 0 Å². The van der Waals surface area contributed by atoms with Crippen LogP contribution in [0.2, 0.25) is 0 Å². The third-order valence-corrected chi connectivity index (χ3v) is 6.33. The number of hydrogen-bond acceptors (Lipinski definition) is 5. The lowest BCUT2D eigenvalue weighted by Gasteiger charge is -2.44. The summed E-state index contributed by atoms with van der Waals surface area (Å²) in [6.07, 6.45) is 0. The van der Waals surface area contributed by atoms with Crippen molar-refractivity contribution in [3.63, 3.8) is 0 Å². The number of benzene rings is 1. The van der Waals surface area contributed by atoms with Gasteiger partial charge in [0.05, 0.1) is 31.2 Å². The van der Waals surface area contributed by atoms with E-state index in [2.05, 4.69) is 13.8 Å². The van der Waals surface area contributed by atoms with Gasteiger partial charge in [-0.25, -0.2) is 8.42 Å². The highest BCUT2D eigenvalue weighted by Crippen LogP contribution is 2.33. The molecule has 0 bridgehead atoms. The Hall–Kier alpha value is -1.60. The van der Waals surface area contributed by atoms with Crippen LogP contribution in [0.4, 0.5) is 5.69 Å². The molecule has 1 aromatic rings. The lowest BCUT2D eigenvalue weighted by Crippen LogP contribution is -2.62. The van der Waals surface area contributed by atoms with E-state index in [0.29, 0.717) is 17.4 Å². The first-order chi connectivity index (χ1) is 11.3. The maximum atomic E-state index is 12.8. The Morgan fingerprint density at radius 1 is 1.25 bits per heavy atom. The van der Waals surface area contributed by atoms with Crippen LogP contribution in [-0.4, -0.2) is 63.0 Å². The van der Waals surface area contributed by atoms with Gasteiger partial charge in [-0.2, -0.15) is 0 Å². The summed E-state index contributed by atoms with van der Waals surface area (Å²) in [7, 11) is -1.57. The van der Waals surface area contributed by atoms with Gasteiger partial charge in [0.2, 0.25) is 5.91 Å². The second-order valence-electron chi connectivity index (χ2n) is 7.00. The molecule has 132 valence electrons. The number of sulfone groups is 1. The SMILES string of the molecule is COc1cccc(N2C(=O)CN(CC(C)C)[C@@H]3CS(=O)(=O)C[C@@H]32)c1. The van der Waals surface area contributed by atoms with Crippen molar-refractivity contribution in [2.75, 3.05) is 36.6 Å². The van der Waals surface area contributed by atoms with Crippen molar-refractivity contribution >= 4 is 21.4 Å². The molecule has 1 amide bonds. The van der Waals surface area contributed by atoms with Crippen LogP contribution in [-0.2, 0) is 14.6 Å². The molecule has 3 rings (SSSR count). The fraction of sp³-hybridized carbons (Fsp3) is 0.588. The summed E-state index contributed by atoms with van der Waals surface area (Å²) in [6.45, 7) is 5.15. The maximum absolute atomic E-state index is 12.8. The van der Waals surface area contributed by atoms with Crippen LogP contribution in [0, 0.1) is 5.92 Å². The molecule has 2 atom stereocenters. The summed E-state index contributed by atoms with van der Waals surface area (Å²) in [6, 6.07) is 6.79.